The fraction of sp³-hybridized carbons (Fsp3) is 0.556. The fourth-order valence-electron chi connectivity index (χ4n) is 2.62. The van der Waals surface area contributed by atoms with Gasteiger partial charge in [0, 0.05) is 12.1 Å². The SMILES string of the molecule is CC(Cc1cccc(F)c1)C(=O)OCC(=O)N(C(C)C)C(C)C. The highest BCUT2D eigenvalue weighted by molar-refractivity contribution is 5.81. The van der Waals surface area contributed by atoms with Crippen LogP contribution in [0.15, 0.2) is 24.3 Å². The third-order valence-corrected chi connectivity index (χ3v) is 3.57. The second kappa shape index (κ2) is 8.65. The Hall–Kier alpha value is -1.91. The minimum Gasteiger partial charge on any atom is -0.455 e. The molecule has 0 bridgehead atoms. The Bertz CT molecular complexity index is 535. The van der Waals surface area contributed by atoms with Crippen molar-refractivity contribution in [3.63, 3.8) is 0 Å². The number of rotatable bonds is 7. The van der Waals surface area contributed by atoms with Crippen molar-refractivity contribution < 1.29 is 18.7 Å². The number of amides is 1. The fourth-order valence-corrected chi connectivity index (χ4v) is 2.62. The molecule has 0 saturated carbocycles. The number of halogens is 1. The van der Waals surface area contributed by atoms with Gasteiger partial charge in [-0.3, -0.25) is 9.59 Å². The standard InChI is InChI=1S/C18H26FNO3/c1-12(2)20(13(3)4)17(21)11-23-18(22)14(5)9-15-7-6-8-16(19)10-15/h6-8,10,12-14H,9,11H2,1-5H3. The van der Waals surface area contributed by atoms with E-state index >= 15 is 0 Å². The van der Waals surface area contributed by atoms with E-state index in [2.05, 4.69) is 0 Å². The molecule has 0 saturated heterocycles. The van der Waals surface area contributed by atoms with E-state index < -0.39 is 11.9 Å². The first-order valence-electron chi connectivity index (χ1n) is 7.94. The van der Waals surface area contributed by atoms with Crippen molar-refractivity contribution in [2.75, 3.05) is 6.61 Å². The van der Waals surface area contributed by atoms with E-state index in [9.17, 15) is 14.0 Å². The van der Waals surface area contributed by atoms with Crippen molar-refractivity contribution in [2.45, 2.75) is 53.1 Å². The molecule has 0 heterocycles. The van der Waals surface area contributed by atoms with Gasteiger partial charge in [-0.2, -0.15) is 0 Å². The average Bonchev–Trinajstić information content (AvgIpc) is 2.43. The van der Waals surface area contributed by atoms with Crippen molar-refractivity contribution in [2.24, 2.45) is 5.92 Å². The Morgan fingerprint density at radius 1 is 1.13 bits per heavy atom. The first-order chi connectivity index (χ1) is 10.7. The Balaban J connectivity index is 2.54. The lowest BCUT2D eigenvalue weighted by Gasteiger charge is -2.30. The number of ether oxygens (including phenoxy) is 1. The van der Waals surface area contributed by atoms with Crippen LogP contribution in [0.4, 0.5) is 4.39 Å². The zero-order valence-electron chi connectivity index (χ0n) is 14.5. The summed E-state index contributed by atoms with van der Waals surface area (Å²) in [6.07, 6.45) is 0.378. The van der Waals surface area contributed by atoms with Gasteiger partial charge in [-0.05, 0) is 51.8 Å². The molecule has 0 aliphatic carbocycles. The molecule has 0 aliphatic rings. The summed E-state index contributed by atoms with van der Waals surface area (Å²) in [7, 11) is 0. The molecule has 5 heteroatoms. The van der Waals surface area contributed by atoms with Crippen LogP contribution in [0.25, 0.3) is 0 Å². The molecule has 0 radical (unpaired) electrons. The van der Waals surface area contributed by atoms with Crippen LogP contribution in [0.2, 0.25) is 0 Å². The van der Waals surface area contributed by atoms with Crippen molar-refractivity contribution in [1.29, 1.82) is 0 Å². The molecule has 1 rings (SSSR count). The normalized spacial score (nSPS) is 12.3. The van der Waals surface area contributed by atoms with Gasteiger partial charge in [0.25, 0.3) is 5.91 Å². The van der Waals surface area contributed by atoms with Gasteiger partial charge in [0.05, 0.1) is 5.92 Å². The van der Waals surface area contributed by atoms with E-state index in [-0.39, 0.29) is 30.4 Å². The summed E-state index contributed by atoms with van der Waals surface area (Å²) >= 11 is 0. The molecule has 4 nitrogen and oxygen atoms in total. The largest absolute Gasteiger partial charge is 0.455 e. The maximum Gasteiger partial charge on any atom is 0.309 e. The van der Waals surface area contributed by atoms with Crippen LogP contribution in [0, 0.1) is 11.7 Å². The maximum atomic E-state index is 13.1. The Kier molecular flexibility index (Phi) is 7.20. The van der Waals surface area contributed by atoms with E-state index in [0.29, 0.717) is 6.42 Å². The van der Waals surface area contributed by atoms with Gasteiger partial charge in [0.15, 0.2) is 6.61 Å². The maximum absolute atomic E-state index is 13.1. The quantitative estimate of drug-likeness (QED) is 0.724. The third kappa shape index (κ3) is 6.00. The van der Waals surface area contributed by atoms with E-state index in [1.165, 1.54) is 12.1 Å². The second-order valence-electron chi connectivity index (χ2n) is 6.33. The van der Waals surface area contributed by atoms with Gasteiger partial charge in [-0.1, -0.05) is 19.1 Å². The smallest absolute Gasteiger partial charge is 0.309 e. The summed E-state index contributed by atoms with van der Waals surface area (Å²) in [6, 6.07) is 6.22. The highest BCUT2D eigenvalue weighted by Crippen LogP contribution is 2.12. The first kappa shape index (κ1) is 19.1. The molecule has 1 atom stereocenters. The Labute approximate surface area is 137 Å². The molecule has 0 aliphatic heterocycles. The number of hydrogen-bond acceptors (Lipinski definition) is 3. The van der Waals surface area contributed by atoms with Crippen molar-refractivity contribution in [3.8, 4) is 0 Å². The second-order valence-corrected chi connectivity index (χ2v) is 6.33. The summed E-state index contributed by atoms with van der Waals surface area (Å²) in [5.74, 6) is -1.42. The van der Waals surface area contributed by atoms with Crippen molar-refractivity contribution in [1.82, 2.24) is 4.90 Å². The Morgan fingerprint density at radius 3 is 2.26 bits per heavy atom. The molecule has 0 fully saturated rings. The average molecular weight is 323 g/mol. The van der Waals surface area contributed by atoms with Crippen LogP contribution in [0.1, 0.15) is 40.2 Å². The zero-order valence-corrected chi connectivity index (χ0v) is 14.5. The van der Waals surface area contributed by atoms with Crippen LogP contribution in [0.5, 0.6) is 0 Å². The van der Waals surface area contributed by atoms with Gasteiger partial charge in [-0.15, -0.1) is 0 Å². The van der Waals surface area contributed by atoms with E-state index in [1.807, 2.05) is 27.7 Å². The minimum absolute atomic E-state index is 0.0471. The predicted molar refractivity (Wildman–Crippen MR) is 87.3 cm³/mol. The molecule has 1 amide bonds. The Morgan fingerprint density at radius 2 is 1.74 bits per heavy atom. The zero-order chi connectivity index (χ0) is 17.6. The van der Waals surface area contributed by atoms with Crippen LogP contribution in [0.3, 0.4) is 0 Å². The molecule has 0 aromatic heterocycles. The van der Waals surface area contributed by atoms with Crippen molar-refractivity contribution in [3.05, 3.63) is 35.6 Å². The van der Waals surface area contributed by atoms with Crippen LogP contribution in [-0.4, -0.2) is 35.5 Å². The molecule has 0 spiro atoms. The lowest BCUT2D eigenvalue weighted by molar-refractivity contribution is -0.156. The molecule has 1 aromatic carbocycles. The van der Waals surface area contributed by atoms with E-state index in [0.717, 1.165) is 5.56 Å². The van der Waals surface area contributed by atoms with Gasteiger partial charge >= 0.3 is 5.97 Å². The highest BCUT2D eigenvalue weighted by atomic mass is 19.1. The van der Waals surface area contributed by atoms with Crippen LogP contribution >= 0.6 is 0 Å². The van der Waals surface area contributed by atoms with Gasteiger partial charge < -0.3 is 9.64 Å². The summed E-state index contributed by atoms with van der Waals surface area (Å²) in [5.41, 5.74) is 0.728. The highest BCUT2D eigenvalue weighted by Gasteiger charge is 2.23. The molecular weight excluding hydrogens is 297 g/mol. The number of nitrogens with zero attached hydrogens (tertiary/aromatic N) is 1. The third-order valence-electron chi connectivity index (χ3n) is 3.57. The molecule has 1 aromatic rings. The van der Waals surface area contributed by atoms with E-state index in [1.54, 1.807) is 24.0 Å². The number of hydrogen-bond donors (Lipinski definition) is 0. The number of esters is 1. The molecule has 23 heavy (non-hydrogen) atoms. The van der Waals surface area contributed by atoms with Gasteiger partial charge in [-0.25, -0.2) is 4.39 Å². The lowest BCUT2D eigenvalue weighted by atomic mass is 10.0. The molecule has 128 valence electrons. The summed E-state index contributed by atoms with van der Waals surface area (Å²) in [4.78, 5) is 25.9. The van der Waals surface area contributed by atoms with Crippen molar-refractivity contribution >= 4 is 11.9 Å². The minimum atomic E-state index is -0.449. The van der Waals surface area contributed by atoms with E-state index in [4.69, 9.17) is 4.74 Å². The summed E-state index contributed by atoms with van der Waals surface area (Å²) < 4.78 is 18.3. The number of benzene rings is 1. The van der Waals surface area contributed by atoms with Crippen LogP contribution in [-0.2, 0) is 20.7 Å². The van der Waals surface area contributed by atoms with Gasteiger partial charge in [0.1, 0.15) is 5.82 Å². The monoisotopic (exact) mass is 323 g/mol. The molecule has 0 N–H and O–H groups in total. The lowest BCUT2D eigenvalue weighted by Crippen LogP contribution is -2.44. The van der Waals surface area contributed by atoms with Gasteiger partial charge in [0.2, 0.25) is 0 Å². The number of carbonyl (C=O) groups is 2. The first-order valence-corrected chi connectivity index (χ1v) is 7.94. The topological polar surface area (TPSA) is 46.6 Å². The predicted octanol–water partition coefficient (Wildman–Crippen LogP) is 3.19. The molecular formula is C18H26FNO3. The van der Waals surface area contributed by atoms with Crippen LogP contribution < -0.4 is 0 Å². The summed E-state index contributed by atoms with van der Waals surface area (Å²) in [6.45, 7) is 9.14. The summed E-state index contributed by atoms with van der Waals surface area (Å²) in [5, 5.41) is 0. The number of carbonyl (C=O) groups excluding carboxylic acids is 2. The molecule has 1 unspecified atom stereocenters.